The zero-order valence-corrected chi connectivity index (χ0v) is 16.3. The van der Waals surface area contributed by atoms with Crippen LogP contribution >= 0.6 is 0 Å². The molecule has 2 amide bonds. The first-order valence-corrected chi connectivity index (χ1v) is 10.5. The average molecular weight is 392 g/mol. The van der Waals surface area contributed by atoms with Crippen LogP contribution in [0.15, 0.2) is 27.5 Å². The Kier molecular flexibility index (Phi) is 5.23. The third-order valence-corrected chi connectivity index (χ3v) is 6.44. The molecule has 3 rings (SSSR count). The van der Waals surface area contributed by atoms with Crippen LogP contribution in [0.5, 0.6) is 0 Å². The van der Waals surface area contributed by atoms with Crippen molar-refractivity contribution in [2.75, 3.05) is 24.5 Å². The molecule has 0 aromatic heterocycles. The minimum atomic E-state index is -3.83. The van der Waals surface area contributed by atoms with E-state index in [1.54, 1.807) is 24.0 Å². The largest absolute Gasteiger partial charge is 0.369 e. The first kappa shape index (κ1) is 19.3. The maximum absolute atomic E-state index is 12.8. The Morgan fingerprint density at radius 2 is 1.93 bits per heavy atom. The highest BCUT2D eigenvalue weighted by molar-refractivity contribution is 7.90. The number of piperidine rings is 1. The van der Waals surface area contributed by atoms with Gasteiger partial charge >= 0.3 is 0 Å². The maximum Gasteiger partial charge on any atom is 0.286 e. The molecule has 146 valence electrons. The van der Waals surface area contributed by atoms with Gasteiger partial charge in [0.1, 0.15) is 10.7 Å². The molecule has 0 unspecified atom stereocenters. The molecule has 0 saturated carbocycles. The number of carbonyl (C=O) groups is 2. The summed E-state index contributed by atoms with van der Waals surface area (Å²) in [5, 5.41) is 0. The molecule has 2 N–H and O–H groups in total. The number of hydrogen-bond acceptors (Lipinski definition) is 5. The van der Waals surface area contributed by atoms with Crippen LogP contribution in [0.2, 0.25) is 0 Å². The molecule has 0 spiro atoms. The Morgan fingerprint density at radius 1 is 1.26 bits per heavy atom. The molecule has 27 heavy (non-hydrogen) atoms. The molecule has 2 aliphatic rings. The third kappa shape index (κ3) is 3.69. The van der Waals surface area contributed by atoms with Crippen LogP contribution in [0.25, 0.3) is 0 Å². The van der Waals surface area contributed by atoms with Crippen molar-refractivity contribution in [1.29, 1.82) is 0 Å². The first-order valence-electron chi connectivity index (χ1n) is 9.06. The minimum Gasteiger partial charge on any atom is -0.369 e. The number of fused-ring (bicyclic) bond motifs is 1. The molecule has 9 heteroatoms. The van der Waals surface area contributed by atoms with Crippen LogP contribution in [0.4, 0.5) is 5.69 Å². The summed E-state index contributed by atoms with van der Waals surface area (Å²) in [6.07, 6.45) is 1.89. The Bertz CT molecular complexity index is 902. The van der Waals surface area contributed by atoms with Gasteiger partial charge in [-0.25, -0.2) is 0 Å². The summed E-state index contributed by atoms with van der Waals surface area (Å²) in [5.41, 5.74) is 6.18. The van der Waals surface area contributed by atoms with Crippen molar-refractivity contribution in [3.63, 3.8) is 0 Å². The highest BCUT2D eigenvalue weighted by atomic mass is 32.2. The summed E-state index contributed by atoms with van der Waals surface area (Å²) in [6.45, 7) is 5.17. The lowest BCUT2D eigenvalue weighted by molar-refractivity contribution is -0.123. The van der Waals surface area contributed by atoms with Crippen LogP contribution in [0.1, 0.15) is 43.5 Å². The number of rotatable bonds is 4. The normalized spacial score (nSPS) is 19.4. The minimum absolute atomic E-state index is 0.0550. The van der Waals surface area contributed by atoms with Gasteiger partial charge in [-0.15, -0.1) is 4.40 Å². The van der Waals surface area contributed by atoms with E-state index in [1.165, 1.54) is 6.07 Å². The van der Waals surface area contributed by atoms with Gasteiger partial charge < -0.3 is 15.5 Å². The molecular weight excluding hydrogens is 368 g/mol. The highest BCUT2D eigenvalue weighted by Crippen LogP contribution is 2.33. The molecule has 0 radical (unpaired) electrons. The second-order valence-corrected chi connectivity index (χ2v) is 8.49. The molecule has 1 fully saturated rings. The SMILES string of the molecule is CCCN1C(C)=NS(=O)(=O)c2cc(C(=O)N3CCC(C(N)=O)CC3)ccc21. The van der Waals surface area contributed by atoms with Crippen LogP contribution < -0.4 is 10.6 Å². The van der Waals surface area contributed by atoms with E-state index in [4.69, 9.17) is 5.73 Å². The second kappa shape index (κ2) is 7.30. The third-order valence-electron chi connectivity index (χ3n) is 5.05. The van der Waals surface area contributed by atoms with Gasteiger partial charge in [0, 0.05) is 31.1 Å². The van der Waals surface area contributed by atoms with Crippen molar-refractivity contribution in [3.8, 4) is 0 Å². The predicted octanol–water partition coefficient (Wildman–Crippen LogP) is 1.36. The number of amidine groups is 1. The molecule has 2 heterocycles. The van der Waals surface area contributed by atoms with Crippen molar-refractivity contribution >= 4 is 33.4 Å². The Balaban J connectivity index is 1.88. The van der Waals surface area contributed by atoms with Crippen LogP contribution in [0.3, 0.4) is 0 Å². The number of sulfonamides is 1. The van der Waals surface area contributed by atoms with Crippen molar-refractivity contribution in [1.82, 2.24) is 4.90 Å². The van der Waals surface area contributed by atoms with E-state index in [0.717, 1.165) is 6.42 Å². The van der Waals surface area contributed by atoms with Gasteiger partial charge in [0.15, 0.2) is 0 Å². The fourth-order valence-corrected chi connectivity index (χ4v) is 4.84. The topological polar surface area (TPSA) is 113 Å². The molecule has 1 aromatic rings. The molecule has 2 aliphatic heterocycles. The summed E-state index contributed by atoms with van der Waals surface area (Å²) < 4.78 is 28.9. The number of hydrogen-bond donors (Lipinski definition) is 1. The zero-order chi connectivity index (χ0) is 19.8. The zero-order valence-electron chi connectivity index (χ0n) is 15.5. The monoisotopic (exact) mass is 392 g/mol. The number of amides is 2. The van der Waals surface area contributed by atoms with Crippen LogP contribution in [-0.2, 0) is 14.8 Å². The summed E-state index contributed by atoms with van der Waals surface area (Å²) in [7, 11) is -3.83. The lowest BCUT2D eigenvalue weighted by Crippen LogP contribution is -2.41. The standard InChI is InChI=1S/C18H24N4O4S/c1-3-8-22-12(2)20-27(25,26)16-11-14(4-5-15(16)22)18(24)21-9-6-13(7-10-21)17(19)23/h4-5,11,13H,3,6-10H2,1-2H3,(H2,19,23). The van der Waals surface area contributed by atoms with Gasteiger partial charge in [-0.1, -0.05) is 6.92 Å². The Labute approximate surface area is 159 Å². The summed E-state index contributed by atoms with van der Waals surface area (Å²) in [4.78, 5) is 27.6. The lowest BCUT2D eigenvalue weighted by Gasteiger charge is -2.32. The van der Waals surface area contributed by atoms with E-state index < -0.39 is 10.0 Å². The fraction of sp³-hybridized carbons (Fsp3) is 0.500. The fourth-order valence-electron chi connectivity index (χ4n) is 3.58. The number of nitrogens with two attached hydrogens (primary N) is 1. The van der Waals surface area contributed by atoms with Crippen molar-refractivity contribution in [2.24, 2.45) is 16.0 Å². The second-order valence-electron chi connectivity index (χ2n) is 6.92. The molecule has 0 atom stereocenters. The highest BCUT2D eigenvalue weighted by Gasteiger charge is 2.31. The van der Waals surface area contributed by atoms with E-state index in [9.17, 15) is 18.0 Å². The van der Waals surface area contributed by atoms with E-state index in [1.807, 2.05) is 11.8 Å². The Hall–Kier alpha value is -2.42. The molecule has 0 bridgehead atoms. The molecule has 1 aromatic carbocycles. The molecular formula is C18H24N4O4S. The summed E-state index contributed by atoms with van der Waals surface area (Å²) >= 11 is 0. The predicted molar refractivity (Wildman–Crippen MR) is 102 cm³/mol. The first-order chi connectivity index (χ1) is 12.7. The molecule has 8 nitrogen and oxygen atoms in total. The van der Waals surface area contributed by atoms with Gasteiger partial charge in [-0.3, -0.25) is 9.59 Å². The number of anilines is 1. The van der Waals surface area contributed by atoms with Crippen molar-refractivity contribution in [2.45, 2.75) is 38.0 Å². The number of benzene rings is 1. The van der Waals surface area contributed by atoms with E-state index in [2.05, 4.69) is 4.40 Å². The van der Waals surface area contributed by atoms with Gasteiger partial charge in [0.05, 0.1) is 5.69 Å². The van der Waals surface area contributed by atoms with Crippen LogP contribution in [0, 0.1) is 5.92 Å². The Morgan fingerprint density at radius 3 is 2.52 bits per heavy atom. The van der Waals surface area contributed by atoms with Gasteiger partial charge in [0.25, 0.3) is 15.9 Å². The van der Waals surface area contributed by atoms with E-state index in [0.29, 0.717) is 49.6 Å². The number of primary amides is 1. The van der Waals surface area contributed by atoms with Gasteiger partial charge in [-0.05, 0) is 44.4 Å². The van der Waals surface area contributed by atoms with Crippen LogP contribution in [-0.4, -0.2) is 50.6 Å². The van der Waals surface area contributed by atoms with E-state index in [-0.39, 0.29) is 22.6 Å². The van der Waals surface area contributed by atoms with Crippen molar-refractivity contribution in [3.05, 3.63) is 23.8 Å². The van der Waals surface area contributed by atoms with Gasteiger partial charge in [-0.2, -0.15) is 8.42 Å². The number of nitrogens with zero attached hydrogens (tertiary/aromatic N) is 3. The number of carbonyl (C=O) groups excluding carboxylic acids is 2. The van der Waals surface area contributed by atoms with Crippen molar-refractivity contribution < 1.29 is 18.0 Å². The summed E-state index contributed by atoms with van der Waals surface area (Å²) in [6, 6.07) is 4.73. The quantitative estimate of drug-likeness (QED) is 0.831. The molecule has 0 aliphatic carbocycles. The number of likely N-dealkylation sites (tertiary alicyclic amines) is 1. The smallest absolute Gasteiger partial charge is 0.286 e. The van der Waals surface area contributed by atoms with Gasteiger partial charge in [0.2, 0.25) is 5.91 Å². The molecule has 1 saturated heterocycles. The summed E-state index contributed by atoms with van der Waals surface area (Å²) in [5.74, 6) is -0.370. The maximum atomic E-state index is 12.8. The average Bonchev–Trinajstić information content (AvgIpc) is 2.64. The van der Waals surface area contributed by atoms with E-state index >= 15 is 0 Å². The lowest BCUT2D eigenvalue weighted by atomic mass is 9.96.